The van der Waals surface area contributed by atoms with Crippen molar-refractivity contribution < 1.29 is 0 Å². The third-order valence-corrected chi connectivity index (χ3v) is 3.87. The van der Waals surface area contributed by atoms with Crippen LogP contribution in [0.3, 0.4) is 0 Å². The molecule has 0 radical (unpaired) electrons. The number of hydrogen-bond donors (Lipinski definition) is 0. The zero-order valence-electron chi connectivity index (χ0n) is 14.5. The molecule has 0 aliphatic rings. The minimum atomic E-state index is 0.00599. The first-order chi connectivity index (χ1) is 9.61. The van der Waals surface area contributed by atoms with Gasteiger partial charge in [-0.05, 0) is 45.7 Å². The van der Waals surface area contributed by atoms with E-state index in [4.69, 9.17) is 9.97 Å². The van der Waals surface area contributed by atoms with Crippen LogP contribution >= 0.6 is 0 Å². The largest absolute Gasteiger partial charge is 0.254 e. The van der Waals surface area contributed by atoms with E-state index in [0.29, 0.717) is 0 Å². The highest BCUT2D eigenvalue weighted by Gasteiger charge is 2.22. The molecule has 1 aromatic carbocycles. The highest BCUT2D eigenvalue weighted by molar-refractivity contribution is 5.70. The number of hydrogen-bond acceptors (Lipinski definition) is 2. The second-order valence-electron chi connectivity index (χ2n) is 7.12. The van der Waals surface area contributed by atoms with Gasteiger partial charge in [-0.25, -0.2) is 4.98 Å². The van der Waals surface area contributed by atoms with Crippen molar-refractivity contribution in [2.24, 2.45) is 0 Å². The molecule has 0 amide bonds. The molecule has 2 heteroatoms. The Morgan fingerprint density at radius 2 is 1.29 bits per heavy atom. The lowest BCUT2D eigenvalue weighted by Crippen LogP contribution is -2.18. The summed E-state index contributed by atoms with van der Waals surface area (Å²) in [5.41, 5.74) is 9.23. The van der Waals surface area contributed by atoms with E-state index in [1.165, 1.54) is 22.3 Å². The molecule has 0 saturated carbocycles. The Morgan fingerprint density at radius 1 is 0.762 bits per heavy atom. The zero-order chi connectivity index (χ0) is 15.9. The SMILES string of the molecule is Cc1cc(C)c(-c2nc(C(C)(C)C)c(C)nc2C)c(C)c1. The molecule has 1 heterocycles. The minimum absolute atomic E-state index is 0.00599. The minimum Gasteiger partial charge on any atom is -0.254 e. The molecule has 0 fully saturated rings. The third-order valence-electron chi connectivity index (χ3n) is 3.87. The van der Waals surface area contributed by atoms with Crippen LogP contribution in [0.25, 0.3) is 11.3 Å². The number of aromatic nitrogens is 2. The second-order valence-corrected chi connectivity index (χ2v) is 7.12. The molecule has 0 saturated heterocycles. The van der Waals surface area contributed by atoms with Gasteiger partial charge in [0.05, 0.1) is 22.8 Å². The summed E-state index contributed by atoms with van der Waals surface area (Å²) >= 11 is 0. The van der Waals surface area contributed by atoms with Crippen LogP contribution in [0.4, 0.5) is 0 Å². The van der Waals surface area contributed by atoms with Crippen molar-refractivity contribution in [2.75, 3.05) is 0 Å². The molecule has 0 spiro atoms. The van der Waals surface area contributed by atoms with Crippen molar-refractivity contribution in [2.45, 2.75) is 60.8 Å². The fraction of sp³-hybridized carbons (Fsp3) is 0.474. The zero-order valence-corrected chi connectivity index (χ0v) is 14.5. The third kappa shape index (κ3) is 2.99. The number of aryl methyl sites for hydroxylation is 5. The van der Waals surface area contributed by atoms with E-state index in [2.05, 4.69) is 67.5 Å². The predicted molar refractivity (Wildman–Crippen MR) is 89.9 cm³/mol. The fourth-order valence-electron chi connectivity index (χ4n) is 3.13. The predicted octanol–water partition coefficient (Wildman–Crippen LogP) is 4.98. The van der Waals surface area contributed by atoms with Gasteiger partial charge in [0.15, 0.2) is 0 Å². The first kappa shape index (κ1) is 15.7. The second kappa shape index (κ2) is 5.25. The molecule has 0 N–H and O–H groups in total. The van der Waals surface area contributed by atoms with Crippen molar-refractivity contribution in [3.05, 3.63) is 45.9 Å². The first-order valence-electron chi connectivity index (χ1n) is 7.55. The molecule has 2 nitrogen and oxygen atoms in total. The summed E-state index contributed by atoms with van der Waals surface area (Å²) in [6.45, 7) is 17.1. The molecular weight excluding hydrogens is 256 g/mol. The molecule has 0 unspecified atom stereocenters. The molecule has 0 bridgehead atoms. The maximum atomic E-state index is 5.00. The van der Waals surface area contributed by atoms with Gasteiger partial charge in [0, 0.05) is 11.0 Å². The first-order valence-corrected chi connectivity index (χ1v) is 7.55. The topological polar surface area (TPSA) is 25.8 Å². The van der Waals surface area contributed by atoms with Crippen LogP contribution in [0.2, 0.25) is 0 Å². The average molecular weight is 282 g/mol. The Labute approximate surface area is 128 Å². The normalized spacial score (nSPS) is 11.8. The van der Waals surface area contributed by atoms with Gasteiger partial charge in [0.1, 0.15) is 0 Å². The van der Waals surface area contributed by atoms with Crippen LogP contribution in [-0.2, 0) is 5.41 Å². The highest BCUT2D eigenvalue weighted by atomic mass is 14.9. The summed E-state index contributed by atoms with van der Waals surface area (Å²) in [7, 11) is 0. The smallest absolute Gasteiger partial charge is 0.0923 e. The van der Waals surface area contributed by atoms with Gasteiger partial charge in [0.2, 0.25) is 0 Å². The van der Waals surface area contributed by atoms with Crippen LogP contribution in [0.5, 0.6) is 0 Å². The lowest BCUT2D eigenvalue weighted by atomic mass is 9.89. The van der Waals surface area contributed by atoms with Gasteiger partial charge < -0.3 is 0 Å². The van der Waals surface area contributed by atoms with Gasteiger partial charge in [-0.15, -0.1) is 0 Å². The summed E-state index contributed by atoms with van der Waals surface area (Å²) in [6.07, 6.45) is 0. The lowest BCUT2D eigenvalue weighted by Gasteiger charge is -2.22. The van der Waals surface area contributed by atoms with Crippen molar-refractivity contribution in [3.8, 4) is 11.3 Å². The van der Waals surface area contributed by atoms with Crippen LogP contribution in [0.15, 0.2) is 12.1 Å². The molecule has 21 heavy (non-hydrogen) atoms. The van der Waals surface area contributed by atoms with Crippen molar-refractivity contribution in [1.82, 2.24) is 9.97 Å². The van der Waals surface area contributed by atoms with Crippen LogP contribution in [0, 0.1) is 34.6 Å². The number of rotatable bonds is 1. The van der Waals surface area contributed by atoms with Crippen LogP contribution in [0.1, 0.15) is 54.5 Å². The fourth-order valence-corrected chi connectivity index (χ4v) is 3.13. The van der Waals surface area contributed by atoms with Crippen LogP contribution < -0.4 is 0 Å². The van der Waals surface area contributed by atoms with E-state index in [0.717, 1.165) is 22.8 Å². The van der Waals surface area contributed by atoms with Crippen molar-refractivity contribution in [1.29, 1.82) is 0 Å². The number of benzene rings is 1. The van der Waals surface area contributed by atoms with Gasteiger partial charge in [-0.2, -0.15) is 0 Å². The van der Waals surface area contributed by atoms with Gasteiger partial charge in [-0.3, -0.25) is 4.98 Å². The van der Waals surface area contributed by atoms with Gasteiger partial charge in [-0.1, -0.05) is 38.5 Å². The lowest BCUT2D eigenvalue weighted by molar-refractivity contribution is 0.559. The Kier molecular flexibility index (Phi) is 3.92. The monoisotopic (exact) mass is 282 g/mol. The Hall–Kier alpha value is -1.70. The summed E-state index contributed by atoms with van der Waals surface area (Å²) in [6, 6.07) is 4.44. The molecule has 2 rings (SSSR count). The number of nitrogens with zero attached hydrogens (tertiary/aromatic N) is 2. The summed E-state index contributed by atoms with van der Waals surface area (Å²) in [5.74, 6) is 0. The van der Waals surface area contributed by atoms with Gasteiger partial charge >= 0.3 is 0 Å². The molecule has 0 aliphatic heterocycles. The van der Waals surface area contributed by atoms with E-state index in [1.807, 2.05) is 0 Å². The Morgan fingerprint density at radius 3 is 1.76 bits per heavy atom. The van der Waals surface area contributed by atoms with E-state index < -0.39 is 0 Å². The van der Waals surface area contributed by atoms with Crippen molar-refractivity contribution >= 4 is 0 Å². The highest BCUT2D eigenvalue weighted by Crippen LogP contribution is 2.32. The quantitative estimate of drug-likeness (QED) is 0.737. The van der Waals surface area contributed by atoms with E-state index in [-0.39, 0.29) is 5.41 Å². The standard InChI is InChI=1S/C19H26N2/c1-11-9-12(2)16(13(3)10-11)17-14(4)20-15(5)18(21-17)19(6,7)8/h9-10H,1-8H3. The molecule has 0 aliphatic carbocycles. The summed E-state index contributed by atoms with van der Waals surface area (Å²) in [5, 5.41) is 0. The van der Waals surface area contributed by atoms with E-state index in [1.54, 1.807) is 0 Å². The van der Waals surface area contributed by atoms with Gasteiger partial charge in [0.25, 0.3) is 0 Å². The summed E-state index contributed by atoms with van der Waals surface area (Å²) < 4.78 is 0. The summed E-state index contributed by atoms with van der Waals surface area (Å²) in [4.78, 5) is 9.76. The molecule has 112 valence electrons. The van der Waals surface area contributed by atoms with Crippen molar-refractivity contribution in [3.63, 3.8) is 0 Å². The average Bonchev–Trinajstić information content (AvgIpc) is 2.28. The Bertz CT molecular complexity index is 668. The van der Waals surface area contributed by atoms with E-state index >= 15 is 0 Å². The maximum Gasteiger partial charge on any atom is 0.0923 e. The Balaban J connectivity index is 2.76. The van der Waals surface area contributed by atoms with Crippen LogP contribution in [-0.4, -0.2) is 9.97 Å². The van der Waals surface area contributed by atoms with E-state index in [9.17, 15) is 0 Å². The molecule has 2 aromatic rings. The molecular formula is C19H26N2. The molecule has 0 atom stereocenters. The maximum absolute atomic E-state index is 5.00. The molecule has 1 aromatic heterocycles.